The molecule has 148 valence electrons. The van der Waals surface area contributed by atoms with Crippen molar-refractivity contribution in [1.82, 2.24) is 10.2 Å². The molecule has 2 saturated carbocycles. The summed E-state index contributed by atoms with van der Waals surface area (Å²) in [5.74, 6) is 1.76. The second-order valence-corrected chi connectivity index (χ2v) is 9.36. The molecule has 5 rings (SSSR count). The van der Waals surface area contributed by atoms with E-state index in [1.165, 1.54) is 32.4 Å². The highest BCUT2D eigenvalue weighted by atomic mass is 16.2. The van der Waals surface area contributed by atoms with Gasteiger partial charge in [0.25, 0.3) is 0 Å². The smallest absolute Gasteiger partial charge is 0.247 e. The van der Waals surface area contributed by atoms with Crippen LogP contribution in [0.1, 0.15) is 38.5 Å². The van der Waals surface area contributed by atoms with Gasteiger partial charge in [0.2, 0.25) is 5.91 Å². The number of hydrogen-bond acceptors (Lipinski definition) is 3. The van der Waals surface area contributed by atoms with Gasteiger partial charge in [-0.3, -0.25) is 9.59 Å². The summed E-state index contributed by atoms with van der Waals surface area (Å²) >= 11 is 0. The lowest BCUT2D eigenvalue weighted by molar-refractivity contribution is -0.123. The molecule has 3 aliphatic carbocycles. The van der Waals surface area contributed by atoms with E-state index in [1.54, 1.807) is 7.05 Å². The number of carbonyl (C=O) groups is 2. The quantitative estimate of drug-likeness (QED) is 0.816. The first kappa shape index (κ1) is 18.1. The lowest BCUT2D eigenvalue weighted by atomic mass is 9.82. The molecule has 0 radical (unpaired) electrons. The Morgan fingerprint density at radius 3 is 2.79 bits per heavy atom. The van der Waals surface area contributed by atoms with E-state index in [1.807, 2.05) is 24.3 Å². The molecule has 3 fully saturated rings. The minimum atomic E-state index is -0.436. The lowest BCUT2D eigenvalue weighted by Gasteiger charge is -2.33. The summed E-state index contributed by atoms with van der Waals surface area (Å²) < 4.78 is 0. The molecule has 3 unspecified atom stereocenters. The summed E-state index contributed by atoms with van der Waals surface area (Å²) in [4.78, 5) is 28.6. The van der Waals surface area contributed by atoms with Crippen LogP contribution in [0.25, 0.3) is 11.6 Å². The second-order valence-electron chi connectivity index (χ2n) is 9.36. The molecule has 4 aliphatic rings. The maximum Gasteiger partial charge on any atom is 0.247 e. The molecule has 0 bridgehead atoms. The van der Waals surface area contributed by atoms with Crippen molar-refractivity contribution in [3.05, 3.63) is 34.7 Å². The summed E-state index contributed by atoms with van der Waals surface area (Å²) in [5.41, 5.74) is 0.377. The molecule has 1 N–H and O–H groups in total. The van der Waals surface area contributed by atoms with E-state index in [2.05, 4.69) is 16.3 Å². The van der Waals surface area contributed by atoms with Crippen LogP contribution in [0.3, 0.4) is 0 Å². The Morgan fingerprint density at radius 1 is 1.18 bits per heavy atom. The fraction of sp³-hybridized carbons (Fsp3) is 0.583. The highest BCUT2D eigenvalue weighted by Crippen LogP contribution is 2.60. The Labute approximate surface area is 166 Å². The van der Waals surface area contributed by atoms with Gasteiger partial charge in [0.15, 0.2) is 0 Å². The number of benzene rings is 1. The van der Waals surface area contributed by atoms with Crippen molar-refractivity contribution in [2.45, 2.75) is 38.5 Å². The molecule has 0 spiro atoms. The lowest BCUT2D eigenvalue weighted by Crippen LogP contribution is -2.41. The Hall–Kier alpha value is -1.94. The number of carbonyl (C=O) groups excluding carboxylic acids is 2. The average Bonchev–Trinajstić information content (AvgIpc) is 3.62. The molecular formula is C24H30N2O2. The summed E-state index contributed by atoms with van der Waals surface area (Å²) in [6.45, 7) is 3.50. The third kappa shape index (κ3) is 3.12. The SMILES string of the molecule is CNC(=O)C1=c2ccccc2=CC2(C(=O)CC3CCCN(CC4CC4)C3)CC12. The Bertz CT molecular complexity index is 932. The standard InChI is InChI=1S/C24H30N2O2/c1-25-23(28)22-19-7-3-2-6-18(19)12-24(13-20(22)24)21(27)11-17-5-4-10-26(15-17)14-16-8-9-16/h2-3,6-7,12,16-17,20H,4-5,8-11,13-15H2,1H3,(H,25,28). The maximum atomic E-state index is 13.4. The van der Waals surface area contributed by atoms with Gasteiger partial charge in [0.1, 0.15) is 5.78 Å². The number of likely N-dealkylation sites (tertiary alicyclic amines) is 1. The number of ketones is 1. The first-order valence-corrected chi connectivity index (χ1v) is 10.9. The van der Waals surface area contributed by atoms with Gasteiger partial charge in [-0.15, -0.1) is 0 Å². The average molecular weight is 379 g/mol. The molecule has 1 heterocycles. The van der Waals surface area contributed by atoms with Crippen LogP contribution in [0, 0.1) is 23.2 Å². The van der Waals surface area contributed by atoms with Crippen molar-refractivity contribution >= 4 is 23.3 Å². The highest BCUT2D eigenvalue weighted by Gasteiger charge is 2.61. The van der Waals surface area contributed by atoms with Crippen LogP contribution in [0.4, 0.5) is 0 Å². The molecule has 4 heteroatoms. The normalized spacial score (nSPS) is 31.4. The molecule has 1 aromatic carbocycles. The van der Waals surface area contributed by atoms with E-state index in [0.717, 1.165) is 41.3 Å². The first-order chi connectivity index (χ1) is 13.6. The highest BCUT2D eigenvalue weighted by molar-refractivity contribution is 6.18. The van der Waals surface area contributed by atoms with E-state index in [9.17, 15) is 9.59 Å². The van der Waals surface area contributed by atoms with Crippen LogP contribution in [-0.4, -0.2) is 43.3 Å². The number of Topliss-reactive ketones (excluding diaryl/α,β-unsaturated/α-hetero) is 1. The van der Waals surface area contributed by atoms with Crippen LogP contribution < -0.4 is 15.8 Å². The van der Waals surface area contributed by atoms with Crippen molar-refractivity contribution in [3.63, 3.8) is 0 Å². The molecule has 1 aromatic rings. The maximum absolute atomic E-state index is 13.4. The van der Waals surface area contributed by atoms with E-state index in [-0.39, 0.29) is 11.8 Å². The van der Waals surface area contributed by atoms with Gasteiger partial charge in [-0.05, 0) is 60.9 Å². The number of nitrogens with one attached hydrogen (secondary N) is 1. The summed E-state index contributed by atoms with van der Waals surface area (Å²) in [6, 6.07) is 8.03. The molecule has 4 nitrogen and oxygen atoms in total. The van der Waals surface area contributed by atoms with Crippen molar-refractivity contribution < 1.29 is 9.59 Å². The second kappa shape index (κ2) is 6.84. The first-order valence-electron chi connectivity index (χ1n) is 10.9. The zero-order chi connectivity index (χ0) is 19.3. The number of hydrogen-bond donors (Lipinski definition) is 1. The number of fused-ring (bicyclic) bond motifs is 2. The van der Waals surface area contributed by atoms with Crippen LogP contribution in [-0.2, 0) is 9.59 Å². The van der Waals surface area contributed by atoms with Crippen LogP contribution in [0.5, 0.6) is 0 Å². The fourth-order valence-electron chi connectivity index (χ4n) is 5.54. The molecule has 3 atom stereocenters. The van der Waals surface area contributed by atoms with Crippen molar-refractivity contribution in [2.75, 3.05) is 26.7 Å². The summed E-state index contributed by atoms with van der Waals surface area (Å²) in [6.07, 6.45) is 8.78. The third-order valence-corrected chi connectivity index (χ3v) is 7.30. The van der Waals surface area contributed by atoms with Crippen LogP contribution in [0.2, 0.25) is 0 Å². The van der Waals surface area contributed by atoms with Crippen molar-refractivity contribution in [3.8, 4) is 0 Å². The van der Waals surface area contributed by atoms with E-state index in [0.29, 0.717) is 18.1 Å². The monoisotopic (exact) mass is 378 g/mol. The third-order valence-electron chi connectivity index (χ3n) is 7.30. The van der Waals surface area contributed by atoms with Crippen LogP contribution >= 0.6 is 0 Å². The van der Waals surface area contributed by atoms with Gasteiger partial charge in [-0.25, -0.2) is 0 Å². The molecule has 1 amide bonds. The molecular weight excluding hydrogens is 348 g/mol. The van der Waals surface area contributed by atoms with Gasteiger partial charge in [0, 0.05) is 38.0 Å². The Balaban J connectivity index is 1.36. The fourth-order valence-corrected chi connectivity index (χ4v) is 5.54. The predicted octanol–water partition coefficient (Wildman–Crippen LogP) is 1.46. The summed E-state index contributed by atoms with van der Waals surface area (Å²) in [5, 5.41) is 4.84. The van der Waals surface area contributed by atoms with Gasteiger partial charge < -0.3 is 10.2 Å². The van der Waals surface area contributed by atoms with E-state index in [4.69, 9.17) is 0 Å². The Morgan fingerprint density at radius 2 is 2.00 bits per heavy atom. The largest absolute Gasteiger partial charge is 0.355 e. The molecule has 1 aliphatic heterocycles. The van der Waals surface area contributed by atoms with E-state index < -0.39 is 5.41 Å². The van der Waals surface area contributed by atoms with Crippen molar-refractivity contribution in [2.24, 2.45) is 23.2 Å². The van der Waals surface area contributed by atoms with E-state index >= 15 is 0 Å². The zero-order valence-corrected chi connectivity index (χ0v) is 16.7. The summed E-state index contributed by atoms with van der Waals surface area (Å²) in [7, 11) is 1.68. The number of nitrogens with zero attached hydrogens (tertiary/aromatic N) is 1. The molecule has 28 heavy (non-hydrogen) atoms. The van der Waals surface area contributed by atoms with Gasteiger partial charge in [-0.2, -0.15) is 0 Å². The van der Waals surface area contributed by atoms with Crippen LogP contribution in [0.15, 0.2) is 24.3 Å². The molecule has 1 saturated heterocycles. The minimum absolute atomic E-state index is 0.0338. The van der Waals surface area contributed by atoms with Gasteiger partial charge in [0.05, 0.1) is 5.41 Å². The number of amides is 1. The predicted molar refractivity (Wildman–Crippen MR) is 110 cm³/mol. The molecule has 0 aromatic heterocycles. The Kier molecular flexibility index (Phi) is 4.42. The zero-order valence-electron chi connectivity index (χ0n) is 16.7. The van der Waals surface area contributed by atoms with Gasteiger partial charge >= 0.3 is 0 Å². The number of piperidine rings is 1. The number of rotatable bonds is 6. The van der Waals surface area contributed by atoms with Crippen molar-refractivity contribution in [1.29, 1.82) is 0 Å². The van der Waals surface area contributed by atoms with Gasteiger partial charge in [-0.1, -0.05) is 30.3 Å². The minimum Gasteiger partial charge on any atom is -0.355 e. The topological polar surface area (TPSA) is 49.4 Å².